The molecule has 1 heterocycles. The first kappa shape index (κ1) is 14.4. The Morgan fingerprint density at radius 3 is 2.63 bits per heavy atom. The number of carbonyl (C=O) groups is 1. The molecule has 1 aromatic rings. The van der Waals surface area contributed by atoms with Crippen molar-refractivity contribution in [1.82, 2.24) is 10.3 Å². The molecule has 0 aliphatic heterocycles. The molecule has 0 aromatic carbocycles. The molecule has 0 bridgehead atoms. The van der Waals surface area contributed by atoms with Crippen molar-refractivity contribution >= 4 is 18.5 Å². The molecular weight excluding hydrogens is 256 g/mol. The second-order valence-electron chi connectivity index (χ2n) is 5.17. The largest absolute Gasteiger partial charge is 0.355 e. The van der Waals surface area contributed by atoms with Crippen LogP contribution in [0.1, 0.15) is 43.6 Å². The summed E-state index contributed by atoms with van der Waals surface area (Å²) in [6, 6.07) is 3.94. The second kappa shape index (κ2) is 7.53. The molecule has 1 unspecified atom stereocenters. The van der Waals surface area contributed by atoms with Crippen LogP contribution >= 0.6 is 12.6 Å². The van der Waals surface area contributed by atoms with Crippen molar-refractivity contribution in [3.63, 3.8) is 0 Å². The highest BCUT2D eigenvalue weighted by Gasteiger charge is 2.30. The number of hydrogen-bond acceptors (Lipinski definition) is 3. The van der Waals surface area contributed by atoms with Gasteiger partial charge >= 0.3 is 0 Å². The van der Waals surface area contributed by atoms with E-state index in [2.05, 4.69) is 22.9 Å². The summed E-state index contributed by atoms with van der Waals surface area (Å²) >= 11 is 4.15. The third-order valence-electron chi connectivity index (χ3n) is 3.88. The fraction of sp³-hybridized carbons (Fsp3) is 0.600. The molecule has 1 aliphatic carbocycles. The van der Waals surface area contributed by atoms with E-state index in [0.717, 1.165) is 18.4 Å². The standard InChI is InChI=1S/C15H22N2OS/c18-15(17-10-11-19)14(12-4-2-1-3-5-12)13-6-8-16-9-7-13/h6-9,12,14,19H,1-5,10-11H2,(H,17,18). The lowest BCUT2D eigenvalue weighted by atomic mass is 9.76. The van der Waals surface area contributed by atoms with Gasteiger partial charge in [-0.25, -0.2) is 0 Å². The molecule has 1 N–H and O–H groups in total. The smallest absolute Gasteiger partial charge is 0.227 e. The molecule has 4 heteroatoms. The summed E-state index contributed by atoms with van der Waals surface area (Å²) in [6.07, 6.45) is 9.65. The van der Waals surface area contributed by atoms with Gasteiger partial charge in [-0.1, -0.05) is 19.3 Å². The monoisotopic (exact) mass is 278 g/mol. The van der Waals surface area contributed by atoms with Gasteiger partial charge in [-0.3, -0.25) is 9.78 Å². The summed E-state index contributed by atoms with van der Waals surface area (Å²) in [6.45, 7) is 0.635. The lowest BCUT2D eigenvalue weighted by molar-refractivity contribution is -0.124. The first-order chi connectivity index (χ1) is 9.33. The molecule has 1 aromatic heterocycles. The summed E-state index contributed by atoms with van der Waals surface area (Å²) in [7, 11) is 0. The Hall–Kier alpha value is -1.03. The number of amides is 1. The van der Waals surface area contributed by atoms with E-state index in [1.54, 1.807) is 12.4 Å². The van der Waals surface area contributed by atoms with Gasteiger partial charge in [0.05, 0.1) is 5.92 Å². The normalized spacial score (nSPS) is 17.9. The van der Waals surface area contributed by atoms with Crippen molar-refractivity contribution in [2.45, 2.75) is 38.0 Å². The molecule has 104 valence electrons. The van der Waals surface area contributed by atoms with Crippen LogP contribution in [0.3, 0.4) is 0 Å². The first-order valence-corrected chi connectivity index (χ1v) is 7.74. The van der Waals surface area contributed by atoms with Crippen LogP contribution in [0.2, 0.25) is 0 Å². The fourth-order valence-electron chi connectivity index (χ4n) is 2.96. The fourth-order valence-corrected chi connectivity index (χ4v) is 3.08. The SMILES string of the molecule is O=C(NCCS)C(c1ccncc1)C1CCCCC1. The average molecular weight is 278 g/mol. The zero-order valence-electron chi connectivity index (χ0n) is 11.2. The van der Waals surface area contributed by atoms with Gasteiger partial charge < -0.3 is 5.32 Å². The Morgan fingerprint density at radius 2 is 2.00 bits per heavy atom. The van der Waals surface area contributed by atoms with E-state index in [-0.39, 0.29) is 11.8 Å². The minimum absolute atomic E-state index is 0.0248. The number of hydrogen-bond donors (Lipinski definition) is 2. The summed E-state index contributed by atoms with van der Waals surface area (Å²) in [4.78, 5) is 16.5. The number of nitrogens with one attached hydrogen (secondary N) is 1. The minimum atomic E-state index is -0.0248. The Balaban J connectivity index is 2.14. The quantitative estimate of drug-likeness (QED) is 0.813. The maximum atomic E-state index is 12.4. The lowest BCUT2D eigenvalue weighted by Crippen LogP contribution is -2.35. The van der Waals surface area contributed by atoms with Crippen LogP contribution in [0, 0.1) is 5.92 Å². The highest BCUT2D eigenvalue weighted by Crippen LogP contribution is 2.36. The summed E-state index contributed by atoms with van der Waals surface area (Å²) in [5, 5.41) is 2.99. The van der Waals surface area contributed by atoms with Crippen LogP contribution < -0.4 is 5.32 Å². The highest BCUT2D eigenvalue weighted by atomic mass is 32.1. The summed E-state index contributed by atoms with van der Waals surface area (Å²) < 4.78 is 0. The topological polar surface area (TPSA) is 42.0 Å². The van der Waals surface area contributed by atoms with E-state index in [4.69, 9.17) is 0 Å². The molecular formula is C15H22N2OS. The molecule has 1 amide bonds. The molecule has 3 nitrogen and oxygen atoms in total. The van der Waals surface area contributed by atoms with Crippen LogP contribution in [0.5, 0.6) is 0 Å². The molecule has 1 aliphatic rings. The Bertz CT molecular complexity index is 390. The van der Waals surface area contributed by atoms with Crippen molar-refractivity contribution in [2.75, 3.05) is 12.3 Å². The van der Waals surface area contributed by atoms with E-state index in [0.29, 0.717) is 18.2 Å². The van der Waals surface area contributed by atoms with E-state index in [9.17, 15) is 4.79 Å². The third-order valence-corrected chi connectivity index (χ3v) is 4.10. The number of carbonyl (C=O) groups excluding carboxylic acids is 1. The van der Waals surface area contributed by atoms with Crippen LogP contribution in [-0.2, 0) is 4.79 Å². The number of pyridine rings is 1. The van der Waals surface area contributed by atoms with Gasteiger partial charge in [0.2, 0.25) is 5.91 Å². The van der Waals surface area contributed by atoms with Crippen molar-refractivity contribution in [1.29, 1.82) is 0 Å². The molecule has 1 saturated carbocycles. The van der Waals surface area contributed by atoms with Gasteiger partial charge in [-0.05, 0) is 36.5 Å². The van der Waals surface area contributed by atoms with Crippen LogP contribution in [0.4, 0.5) is 0 Å². The van der Waals surface area contributed by atoms with Crippen molar-refractivity contribution in [3.05, 3.63) is 30.1 Å². The minimum Gasteiger partial charge on any atom is -0.355 e. The van der Waals surface area contributed by atoms with Crippen LogP contribution in [-0.4, -0.2) is 23.2 Å². The summed E-state index contributed by atoms with van der Waals surface area (Å²) in [5.41, 5.74) is 1.10. The predicted molar refractivity (Wildman–Crippen MR) is 80.4 cm³/mol. The van der Waals surface area contributed by atoms with Crippen LogP contribution in [0.25, 0.3) is 0 Å². The van der Waals surface area contributed by atoms with E-state index in [1.807, 2.05) is 12.1 Å². The zero-order valence-corrected chi connectivity index (χ0v) is 12.1. The number of nitrogens with zero attached hydrogens (tertiary/aromatic N) is 1. The predicted octanol–water partition coefficient (Wildman–Crippen LogP) is 2.79. The molecule has 1 fully saturated rings. The van der Waals surface area contributed by atoms with Gasteiger partial charge in [0.25, 0.3) is 0 Å². The van der Waals surface area contributed by atoms with E-state index >= 15 is 0 Å². The second-order valence-corrected chi connectivity index (χ2v) is 5.62. The Morgan fingerprint density at radius 1 is 1.32 bits per heavy atom. The Labute approximate surface area is 120 Å². The molecule has 0 radical (unpaired) electrons. The number of aromatic nitrogens is 1. The van der Waals surface area contributed by atoms with Gasteiger partial charge in [0, 0.05) is 24.7 Å². The number of thiol groups is 1. The third kappa shape index (κ3) is 3.96. The Kier molecular flexibility index (Phi) is 5.70. The molecule has 1 atom stereocenters. The van der Waals surface area contributed by atoms with E-state index < -0.39 is 0 Å². The van der Waals surface area contributed by atoms with Crippen LogP contribution in [0.15, 0.2) is 24.5 Å². The maximum absolute atomic E-state index is 12.4. The maximum Gasteiger partial charge on any atom is 0.227 e. The van der Waals surface area contributed by atoms with Crippen molar-refractivity contribution in [2.24, 2.45) is 5.92 Å². The number of rotatable bonds is 5. The van der Waals surface area contributed by atoms with Gasteiger partial charge in [-0.2, -0.15) is 12.6 Å². The highest BCUT2D eigenvalue weighted by molar-refractivity contribution is 7.80. The van der Waals surface area contributed by atoms with Crippen molar-refractivity contribution in [3.8, 4) is 0 Å². The van der Waals surface area contributed by atoms with Gasteiger partial charge in [-0.15, -0.1) is 0 Å². The molecule has 0 saturated heterocycles. The summed E-state index contributed by atoms with van der Waals surface area (Å²) in [5.74, 6) is 1.27. The molecule has 2 rings (SSSR count). The van der Waals surface area contributed by atoms with E-state index in [1.165, 1.54) is 19.3 Å². The van der Waals surface area contributed by atoms with Crippen molar-refractivity contribution < 1.29 is 4.79 Å². The van der Waals surface area contributed by atoms with Gasteiger partial charge in [0.1, 0.15) is 0 Å². The average Bonchev–Trinajstić information content (AvgIpc) is 2.47. The lowest BCUT2D eigenvalue weighted by Gasteiger charge is -2.29. The zero-order chi connectivity index (χ0) is 13.5. The first-order valence-electron chi connectivity index (χ1n) is 7.11. The molecule has 0 spiro atoms. The molecule has 19 heavy (non-hydrogen) atoms. The van der Waals surface area contributed by atoms with Gasteiger partial charge in [0.15, 0.2) is 0 Å².